The molecule has 64 heavy (non-hydrogen) atoms. The molecular formula is C54H68N4O6. The molecule has 6 atom stereocenters. The summed E-state index contributed by atoms with van der Waals surface area (Å²) in [6, 6.07) is 32.9. The van der Waals surface area contributed by atoms with E-state index in [2.05, 4.69) is 62.6 Å². The van der Waals surface area contributed by atoms with E-state index in [4.69, 9.17) is 9.47 Å². The molecule has 0 aliphatic carbocycles. The summed E-state index contributed by atoms with van der Waals surface area (Å²) in [5.74, 6) is 0.896. The van der Waals surface area contributed by atoms with Crippen molar-refractivity contribution in [2.24, 2.45) is 11.8 Å². The summed E-state index contributed by atoms with van der Waals surface area (Å²) in [5, 5.41) is 6.42. The molecule has 2 aliphatic rings. The first-order valence-corrected chi connectivity index (χ1v) is 22.8. The number of rotatable bonds is 6. The number of fused-ring (bicyclic) bond motifs is 2. The number of carbonyl (C=O) groups excluding carboxylic acids is 4. The van der Waals surface area contributed by atoms with Gasteiger partial charge in [-0.3, -0.25) is 19.2 Å². The smallest absolute Gasteiger partial charge is 0.258 e. The Labute approximate surface area is 381 Å². The van der Waals surface area contributed by atoms with Crippen LogP contribution in [-0.2, 0) is 22.4 Å². The molecule has 0 radical (unpaired) electrons. The van der Waals surface area contributed by atoms with Gasteiger partial charge < -0.3 is 29.9 Å². The lowest BCUT2D eigenvalue weighted by Crippen LogP contribution is -2.52. The molecule has 0 unspecified atom stereocenters. The van der Waals surface area contributed by atoms with E-state index in [0.717, 1.165) is 36.8 Å². The maximum atomic E-state index is 13.5. The third-order valence-electron chi connectivity index (χ3n) is 11.9. The number of ether oxygens (including phenoxy) is 2. The Balaban J connectivity index is 0.000000241. The van der Waals surface area contributed by atoms with Crippen LogP contribution < -0.4 is 20.1 Å². The lowest BCUT2D eigenvalue weighted by molar-refractivity contribution is -0.127. The minimum Gasteiger partial charge on any atom is -0.490 e. The number of hydrogen-bond donors (Lipinski definition) is 2. The summed E-state index contributed by atoms with van der Waals surface area (Å²) in [6.45, 7) is 12.4. The molecule has 0 fully saturated rings. The van der Waals surface area contributed by atoms with Crippen molar-refractivity contribution in [1.82, 2.24) is 20.4 Å². The Kier molecular flexibility index (Phi) is 18.4. The first-order valence-electron chi connectivity index (χ1n) is 22.8. The van der Waals surface area contributed by atoms with E-state index in [1.165, 1.54) is 0 Å². The molecule has 4 amide bonds. The lowest BCUT2D eigenvalue weighted by atomic mass is 9.98. The van der Waals surface area contributed by atoms with Crippen LogP contribution >= 0.6 is 0 Å². The van der Waals surface area contributed by atoms with Crippen LogP contribution in [-0.4, -0.2) is 83.9 Å². The van der Waals surface area contributed by atoms with Crippen LogP contribution in [0.15, 0.2) is 133 Å². The molecule has 340 valence electrons. The Morgan fingerprint density at radius 3 is 1.19 bits per heavy atom. The van der Waals surface area contributed by atoms with Gasteiger partial charge in [0.1, 0.15) is 23.6 Å². The predicted molar refractivity (Wildman–Crippen MR) is 255 cm³/mol. The Hall–Kier alpha value is -6.16. The normalized spacial score (nSPS) is 23.7. The molecule has 0 aromatic heterocycles. The Morgan fingerprint density at radius 2 is 0.828 bits per heavy atom. The third-order valence-corrected chi connectivity index (χ3v) is 11.9. The molecule has 0 bridgehead atoms. The summed E-state index contributed by atoms with van der Waals surface area (Å²) in [7, 11) is 3.40. The van der Waals surface area contributed by atoms with E-state index in [-0.39, 0.29) is 59.8 Å². The van der Waals surface area contributed by atoms with Crippen LogP contribution in [0.3, 0.4) is 0 Å². The minimum atomic E-state index is -0.636. The van der Waals surface area contributed by atoms with E-state index < -0.39 is 12.1 Å². The first kappa shape index (κ1) is 48.9. The van der Waals surface area contributed by atoms with Crippen molar-refractivity contribution in [1.29, 1.82) is 0 Å². The van der Waals surface area contributed by atoms with Crippen molar-refractivity contribution in [3.05, 3.63) is 156 Å². The van der Waals surface area contributed by atoms with Crippen LogP contribution in [0.1, 0.15) is 99.1 Å². The standard InChI is InChI=1S/2C27H34N2O3/c2*1-19(2)23-16-10-8-12-20(3)32-25-17-11-9-15-22(25)27(31)29(4)24(26(30)28-23)18-21-13-6-5-7-14-21/h2*5-11,13-15,17,19-20,23-24H,12,16,18H2,1-4H3,(H,28,30)/b10-8+;10-8-/t2*20-,23+,24+/m11/s1. The molecule has 6 rings (SSSR count). The average Bonchev–Trinajstić information content (AvgIpc) is 3.29. The van der Waals surface area contributed by atoms with E-state index >= 15 is 0 Å². The van der Waals surface area contributed by atoms with Gasteiger partial charge in [0.05, 0.1) is 23.3 Å². The molecule has 10 heteroatoms. The molecule has 0 saturated carbocycles. The SMILES string of the molecule is CC(C)[C@@H]1C/C=C/C[C@@H](C)Oc2ccccc2C(=O)N(C)[C@@H](Cc2ccccc2)C(=O)N1.CC(C)[C@@H]1C/C=C\C[C@@H](C)Oc2ccccc2C(=O)N(C)[C@@H](Cc2ccccc2)C(=O)N1. The zero-order chi connectivity index (χ0) is 46.2. The van der Waals surface area contributed by atoms with Crippen molar-refractivity contribution >= 4 is 23.6 Å². The third kappa shape index (κ3) is 13.9. The number of nitrogens with one attached hydrogen (secondary N) is 2. The van der Waals surface area contributed by atoms with Crippen molar-refractivity contribution in [2.45, 2.75) is 116 Å². The second kappa shape index (κ2) is 24.1. The lowest BCUT2D eigenvalue weighted by Gasteiger charge is -2.31. The molecule has 4 aromatic carbocycles. The molecular weight excluding hydrogens is 801 g/mol. The van der Waals surface area contributed by atoms with Crippen LogP contribution in [0.25, 0.3) is 0 Å². The number of likely N-dealkylation sites (N-methyl/N-ethyl adjacent to an activating group) is 2. The van der Waals surface area contributed by atoms with E-state index in [1.54, 1.807) is 36.0 Å². The molecule has 4 aromatic rings. The highest BCUT2D eigenvalue weighted by Gasteiger charge is 2.33. The number of hydrogen-bond acceptors (Lipinski definition) is 6. The Bertz CT molecular complexity index is 2030. The summed E-state index contributed by atoms with van der Waals surface area (Å²) in [6.07, 6.45) is 12.1. The fourth-order valence-corrected chi connectivity index (χ4v) is 7.79. The van der Waals surface area contributed by atoms with E-state index in [9.17, 15) is 19.2 Å². The highest BCUT2D eigenvalue weighted by atomic mass is 16.5. The molecule has 2 heterocycles. The van der Waals surface area contributed by atoms with Gasteiger partial charge in [-0.25, -0.2) is 0 Å². The van der Waals surface area contributed by atoms with Gasteiger partial charge in [-0.05, 0) is 73.9 Å². The maximum Gasteiger partial charge on any atom is 0.258 e. The second-order valence-corrected chi connectivity index (χ2v) is 17.7. The van der Waals surface area contributed by atoms with Crippen molar-refractivity contribution in [3.8, 4) is 11.5 Å². The second-order valence-electron chi connectivity index (χ2n) is 17.7. The molecule has 2 N–H and O–H groups in total. The number of carbonyl (C=O) groups is 4. The van der Waals surface area contributed by atoms with E-state index in [0.29, 0.717) is 35.5 Å². The van der Waals surface area contributed by atoms with Crippen LogP contribution in [0.4, 0.5) is 0 Å². The molecule has 10 nitrogen and oxygen atoms in total. The van der Waals surface area contributed by atoms with Gasteiger partial charge in [0.25, 0.3) is 11.8 Å². The molecule has 2 aliphatic heterocycles. The maximum absolute atomic E-state index is 13.5. The summed E-state index contributed by atoms with van der Waals surface area (Å²) >= 11 is 0. The molecule has 0 spiro atoms. The van der Waals surface area contributed by atoms with Crippen molar-refractivity contribution in [2.75, 3.05) is 14.1 Å². The number of amides is 4. The largest absolute Gasteiger partial charge is 0.490 e. The summed E-state index contributed by atoms with van der Waals surface area (Å²) in [5.41, 5.74) is 2.95. The number of para-hydroxylation sites is 2. The van der Waals surface area contributed by atoms with Crippen LogP contribution in [0.5, 0.6) is 11.5 Å². The summed E-state index contributed by atoms with van der Waals surface area (Å²) in [4.78, 5) is 57.1. The fraction of sp³-hybridized carbons (Fsp3) is 0.407. The zero-order valence-corrected chi connectivity index (χ0v) is 38.9. The van der Waals surface area contributed by atoms with Crippen LogP contribution in [0, 0.1) is 11.8 Å². The number of nitrogens with zero attached hydrogens (tertiary/aromatic N) is 2. The van der Waals surface area contributed by atoms with Gasteiger partial charge in [0, 0.05) is 51.9 Å². The van der Waals surface area contributed by atoms with Crippen molar-refractivity contribution < 1.29 is 28.7 Å². The van der Waals surface area contributed by atoms with Gasteiger partial charge in [-0.1, -0.05) is 137 Å². The van der Waals surface area contributed by atoms with Gasteiger partial charge in [-0.2, -0.15) is 0 Å². The van der Waals surface area contributed by atoms with Gasteiger partial charge in [-0.15, -0.1) is 0 Å². The van der Waals surface area contributed by atoms with Crippen molar-refractivity contribution in [3.63, 3.8) is 0 Å². The first-order chi connectivity index (χ1) is 30.7. The van der Waals surface area contributed by atoms with Crippen LogP contribution in [0.2, 0.25) is 0 Å². The quantitative estimate of drug-likeness (QED) is 0.187. The van der Waals surface area contributed by atoms with Gasteiger partial charge >= 0.3 is 0 Å². The predicted octanol–water partition coefficient (Wildman–Crippen LogP) is 9.26. The highest BCUT2D eigenvalue weighted by Crippen LogP contribution is 2.26. The Morgan fingerprint density at radius 1 is 0.500 bits per heavy atom. The number of benzene rings is 4. The zero-order valence-electron chi connectivity index (χ0n) is 38.9. The van der Waals surface area contributed by atoms with Gasteiger partial charge in [0.15, 0.2) is 0 Å². The minimum absolute atomic E-state index is 0.00743. The van der Waals surface area contributed by atoms with Gasteiger partial charge in [0.2, 0.25) is 11.8 Å². The molecule has 0 saturated heterocycles. The topological polar surface area (TPSA) is 117 Å². The summed E-state index contributed by atoms with van der Waals surface area (Å²) < 4.78 is 12.2. The average molecular weight is 869 g/mol. The highest BCUT2D eigenvalue weighted by molar-refractivity contribution is 6.00. The van der Waals surface area contributed by atoms with E-state index in [1.807, 2.05) is 111 Å². The fourth-order valence-electron chi connectivity index (χ4n) is 7.79. The monoisotopic (exact) mass is 869 g/mol.